The van der Waals surface area contributed by atoms with Gasteiger partial charge in [0.05, 0.1) is 11.3 Å². The van der Waals surface area contributed by atoms with Crippen molar-refractivity contribution in [2.45, 2.75) is 138 Å². The third-order valence-corrected chi connectivity index (χ3v) is 15.8. The SMILES string of the molecule is CC(C)[C@@H]1CC[C@]2(C(=O)NCC(=O)O)CC[C@]3(C)[C@H](CC[C@@H]4[C@@]5(C)CC[C@@H](OC(=O)C6CCC6)C(C)(C)[C@@H]5CC[C@]43C)[C@@H]12. The molecular formula is C37H59NO5. The number of ether oxygens (including phenoxy) is 1. The van der Waals surface area contributed by atoms with E-state index in [0.29, 0.717) is 35.5 Å². The topological polar surface area (TPSA) is 92.7 Å². The summed E-state index contributed by atoms with van der Waals surface area (Å²) in [6.45, 7) is 17.0. The van der Waals surface area contributed by atoms with Gasteiger partial charge < -0.3 is 15.2 Å². The molecule has 6 rings (SSSR count). The van der Waals surface area contributed by atoms with Gasteiger partial charge in [-0.3, -0.25) is 14.4 Å². The molecule has 10 atom stereocenters. The lowest BCUT2D eigenvalue weighted by molar-refractivity contribution is -0.251. The van der Waals surface area contributed by atoms with Crippen LogP contribution in [0.1, 0.15) is 132 Å². The molecule has 0 spiro atoms. The van der Waals surface area contributed by atoms with Gasteiger partial charge in [0.25, 0.3) is 0 Å². The van der Waals surface area contributed by atoms with E-state index in [1.54, 1.807) is 0 Å². The van der Waals surface area contributed by atoms with Crippen molar-refractivity contribution in [2.24, 2.45) is 68.5 Å². The van der Waals surface area contributed by atoms with Gasteiger partial charge >= 0.3 is 11.9 Å². The standard InChI is InChI=1S/C37H59NO5/c1-22(2)24-13-18-37(32(42)38-21-29(39)40)20-19-35(6)25(30(24)37)11-12-27-34(5)16-15-28(43-31(41)23-9-8-10-23)33(3,4)26(34)14-17-36(27,35)7/h22-28,30H,8-21H2,1-7H3,(H,38,42)(H,39,40)/t24-,25+,26-,27+,28+,30+,34-,35+,36+,37-/m0/s1. The smallest absolute Gasteiger partial charge is 0.322 e. The van der Waals surface area contributed by atoms with Gasteiger partial charge in [0, 0.05) is 5.41 Å². The zero-order valence-electron chi connectivity index (χ0n) is 28.1. The molecule has 0 radical (unpaired) electrons. The molecule has 242 valence electrons. The van der Waals surface area contributed by atoms with Crippen LogP contribution in [0, 0.1) is 68.5 Å². The second kappa shape index (κ2) is 10.5. The van der Waals surface area contributed by atoms with E-state index in [0.717, 1.165) is 57.8 Å². The van der Waals surface area contributed by atoms with E-state index in [9.17, 15) is 19.5 Å². The number of carbonyl (C=O) groups is 3. The molecule has 0 saturated heterocycles. The van der Waals surface area contributed by atoms with Crippen molar-refractivity contribution >= 4 is 17.8 Å². The number of aliphatic carboxylic acids is 1. The van der Waals surface area contributed by atoms with E-state index < -0.39 is 11.4 Å². The first kappa shape index (κ1) is 31.4. The van der Waals surface area contributed by atoms with Crippen molar-refractivity contribution in [2.75, 3.05) is 6.54 Å². The van der Waals surface area contributed by atoms with Crippen molar-refractivity contribution in [1.82, 2.24) is 5.32 Å². The summed E-state index contributed by atoms with van der Waals surface area (Å²) in [5, 5.41) is 12.2. The number of fused-ring (bicyclic) bond motifs is 7. The maximum Gasteiger partial charge on any atom is 0.322 e. The van der Waals surface area contributed by atoms with Crippen molar-refractivity contribution < 1.29 is 24.2 Å². The van der Waals surface area contributed by atoms with Gasteiger partial charge in [-0.1, -0.05) is 54.9 Å². The molecule has 6 aliphatic carbocycles. The van der Waals surface area contributed by atoms with E-state index >= 15 is 0 Å². The zero-order chi connectivity index (χ0) is 31.2. The summed E-state index contributed by atoms with van der Waals surface area (Å²) >= 11 is 0. The van der Waals surface area contributed by atoms with Crippen LogP contribution in [0.5, 0.6) is 0 Å². The minimum absolute atomic E-state index is 0.00423. The largest absolute Gasteiger partial charge is 0.480 e. The summed E-state index contributed by atoms with van der Waals surface area (Å²) in [5.41, 5.74) is 0.0953. The number of carboxylic acids is 1. The summed E-state index contributed by atoms with van der Waals surface area (Å²) in [7, 11) is 0. The second-order valence-corrected chi connectivity index (χ2v) is 17.8. The van der Waals surface area contributed by atoms with Gasteiger partial charge in [0.2, 0.25) is 5.91 Å². The number of amides is 1. The van der Waals surface area contributed by atoms with Crippen molar-refractivity contribution in [3.05, 3.63) is 0 Å². The van der Waals surface area contributed by atoms with E-state index in [4.69, 9.17) is 4.74 Å². The lowest BCUT2D eigenvalue weighted by Crippen LogP contribution is -2.67. The Labute approximate surface area is 260 Å². The highest BCUT2D eigenvalue weighted by atomic mass is 16.5. The number of esters is 1. The Morgan fingerprint density at radius 3 is 2.16 bits per heavy atom. The predicted octanol–water partition coefficient (Wildman–Crippen LogP) is 7.64. The Hall–Kier alpha value is -1.59. The molecule has 6 fully saturated rings. The van der Waals surface area contributed by atoms with Gasteiger partial charge in [-0.25, -0.2) is 0 Å². The van der Waals surface area contributed by atoms with Gasteiger partial charge in [-0.2, -0.15) is 0 Å². The molecule has 0 aromatic heterocycles. The highest BCUT2D eigenvalue weighted by Gasteiger charge is 2.72. The number of hydrogen-bond donors (Lipinski definition) is 2. The summed E-state index contributed by atoms with van der Waals surface area (Å²) in [6, 6.07) is 0. The van der Waals surface area contributed by atoms with Crippen LogP contribution >= 0.6 is 0 Å². The third kappa shape index (κ3) is 4.40. The van der Waals surface area contributed by atoms with Crippen LogP contribution in [0.3, 0.4) is 0 Å². The van der Waals surface area contributed by atoms with Gasteiger partial charge in [0.15, 0.2) is 0 Å². The minimum Gasteiger partial charge on any atom is -0.480 e. The molecule has 43 heavy (non-hydrogen) atoms. The second-order valence-electron chi connectivity index (χ2n) is 17.8. The molecule has 2 N–H and O–H groups in total. The van der Waals surface area contributed by atoms with Crippen molar-refractivity contribution in [3.63, 3.8) is 0 Å². The number of nitrogens with one attached hydrogen (secondary N) is 1. The van der Waals surface area contributed by atoms with E-state index in [-0.39, 0.29) is 52.1 Å². The fourth-order valence-electron chi connectivity index (χ4n) is 13.2. The Bertz CT molecular complexity index is 1140. The number of carboxylic acid groups (broad SMARTS) is 1. The van der Waals surface area contributed by atoms with Crippen LogP contribution in [0.2, 0.25) is 0 Å². The van der Waals surface area contributed by atoms with Crippen molar-refractivity contribution in [1.29, 1.82) is 0 Å². The number of rotatable bonds is 6. The molecule has 0 aromatic carbocycles. The monoisotopic (exact) mass is 597 g/mol. The van der Waals surface area contributed by atoms with Gasteiger partial charge in [0.1, 0.15) is 12.6 Å². The highest BCUT2D eigenvalue weighted by molar-refractivity contribution is 5.86. The molecule has 6 nitrogen and oxygen atoms in total. The maximum absolute atomic E-state index is 13.9. The maximum atomic E-state index is 13.9. The Balaban J connectivity index is 1.29. The molecular weight excluding hydrogens is 538 g/mol. The average Bonchev–Trinajstić information content (AvgIpc) is 3.29. The summed E-state index contributed by atoms with van der Waals surface area (Å²) < 4.78 is 6.31. The molecule has 6 heteroatoms. The van der Waals surface area contributed by atoms with Crippen LogP contribution < -0.4 is 5.32 Å². The van der Waals surface area contributed by atoms with Crippen LogP contribution in [-0.4, -0.2) is 35.6 Å². The van der Waals surface area contributed by atoms with Crippen LogP contribution in [0.15, 0.2) is 0 Å². The molecule has 1 amide bonds. The Morgan fingerprint density at radius 2 is 1.53 bits per heavy atom. The number of hydrogen-bond acceptors (Lipinski definition) is 4. The van der Waals surface area contributed by atoms with E-state index in [2.05, 4.69) is 53.8 Å². The molecule has 0 heterocycles. The van der Waals surface area contributed by atoms with Crippen LogP contribution in [0.4, 0.5) is 0 Å². The molecule has 0 bridgehead atoms. The summed E-state index contributed by atoms with van der Waals surface area (Å²) in [6.07, 6.45) is 13.9. The minimum atomic E-state index is -0.964. The third-order valence-electron chi connectivity index (χ3n) is 15.8. The van der Waals surface area contributed by atoms with E-state index in [1.807, 2.05) is 0 Å². The van der Waals surface area contributed by atoms with Crippen LogP contribution in [0.25, 0.3) is 0 Å². The molecule has 6 saturated carbocycles. The highest BCUT2D eigenvalue weighted by Crippen LogP contribution is 2.77. The summed E-state index contributed by atoms with van der Waals surface area (Å²) in [5.74, 6) is 2.20. The first-order valence-corrected chi connectivity index (χ1v) is 17.8. The molecule has 0 aliphatic heterocycles. The zero-order valence-corrected chi connectivity index (χ0v) is 28.1. The van der Waals surface area contributed by atoms with Crippen molar-refractivity contribution in [3.8, 4) is 0 Å². The fourth-order valence-corrected chi connectivity index (χ4v) is 13.2. The Morgan fingerprint density at radius 1 is 0.814 bits per heavy atom. The fraction of sp³-hybridized carbons (Fsp3) is 0.919. The molecule has 0 aromatic rings. The van der Waals surface area contributed by atoms with Gasteiger partial charge in [-0.15, -0.1) is 0 Å². The molecule has 6 aliphatic rings. The first-order valence-electron chi connectivity index (χ1n) is 17.8. The number of carbonyl (C=O) groups excluding carboxylic acids is 2. The van der Waals surface area contributed by atoms with Gasteiger partial charge in [-0.05, 0) is 129 Å². The normalized spacial score (nSPS) is 46.9. The summed E-state index contributed by atoms with van der Waals surface area (Å²) in [4.78, 5) is 38.2. The van der Waals surface area contributed by atoms with E-state index in [1.165, 1.54) is 25.7 Å². The molecule has 0 unspecified atom stereocenters. The lowest BCUT2D eigenvalue weighted by atomic mass is 9.32. The Kier molecular flexibility index (Phi) is 7.65. The van der Waals surface area contributed by atoms with Crippen LogP contribution in [-0.2, 0) is 19.1 Å². The average molecular weight is 598 g/mol. The predicted molar refractivity (Wildman–Crippen MR) is 167 cm³/mol. The first-order chi connectivity index (χ1) is 20.1. The lowest BCUT2D eigenvalue weighted by Gasteiger charge is -2.73. The quantitative estimate of drug-likeness (QED) is 0.307.